The summed E-state index contributed by atoms with van der Waals surface area (Å²) in [6.45, 7) is 2.44. The van der Waals surface area contributed by atoms with E-state index in [9.17, 15) is 14.0 Å². The standard InChI is InChI=1S/C17H20FNO3S/c1-11-13-8-7-12(18)10-14(13)23-16(11)17(22)19-9-5-3-2-4-6-15(20)21/h7-8,10H,2-6,9H2,1H3,(H,19,22)(H,20,21). The maximum absolute atomic E-state index is 13.2. The first-order valence-electron chi connectivity index (χ1n) is 7.67. The van der Waals surface area contributed by atoms with Crippen LogP contribution in [0.4, 0.5) is 4.39 Å². The van der Waals surface area contributed by atoms with E-state index in [1.807, 2.05) is 6.92 Å². The highest BCUT2D eigenvalue weighted by Crippen LogP contribution is 2.31. The molecule has 0 aliphatic rings. The average Bonchev–Trinajstić information content (AvgIpc) is 2.82. The first kappa shape index (κ1) is 17.4. The predicted molar refractivity (Wildman–Crippen MR) is 89.6 cm³/mol. The number of halogens is 1. The summed E-state index contributed by atoms with van der Waals surface area (Å²) in [6, 6.07) is 4.56. The molecule has 0 atom stereocenters. The molecule has 0 saturated carbocycles. The van der Waals surface area contributed by atoms with E-state index in [4.69, 9.17) is 5.11 Å². The normalized spacial score (nSPS) is 10.9. The number of benzene rings is 1. The number of amides is 1. The Labute approximate surface area is 138 Å². The minimum Gasteiger partial charge on any atom is -0.481 e. The monoisotopic (exact) mass is 337 g/mol. The van der Waals surface area contributed by atoms with Crippen LogP contribution < -0.4 is 5.32 Å². The van der Waals surface area contributed by atoms with Crippen molar-refractivity contribution in [2.24, 2.45) is 0 Å². The van der Waals surface area contributed by atoms with Crippen LogP contribution in [0.1, 0.15) is 47.3 Å². The van der Waals surface area contributed by atoms with Gasteiger partial charge in [-0.3, -0.25) is 9.59 Å². The lowest BCUT2D eigenvalue weighted by atomic mass is 10.1. The van der Waals surface area contributed by atoms with Crippen molar-refractivity contribution in [2.45, 2.75) is 39.0 Å². The molecule has 1 aromatic heterocycles. The molecule has 23 heavy (non-hydrogen) atoms. The number of carboxylic acid groups (broad SMARTS) is 1. The number of aliphatic carboxylic acids is 1. The number of nitrogens with one attached hydrogen (secondary N) is 1. The number of thiophene rings is 1. The third-order valence-corrected chi connectivity index (χ3v) is 4.96. The van der Waals surface area contributed by atoms with Crippen molar-refractivity contribution in [3.63, 3.8) is 0 Å². The number of rotatable bonds is 8. The summed E-state index contributed by atoms with van der Waals surface area (Å²) in [5.74, 6) is -1.20. The van der Waals surface area contributed by atoms with Crippen molar-refractivity contribution >= 4 is 33.3 Å². The fourth-order valence-electron chi connectivity index (χ4n) is 2.45. The molecule has 0 bridgehead atoms. The Morgan fingerprint density at radius 3 is 2.70 bits per heavy atom. The summed E-state index contributed by atoms with van der Waals surface area (Å²) in [6.07, 6.45) is 3.44. The van der Waals surface area contributed by atoms with Gasteiger partial charge in [-0.2, -0.15) is 0 Å². The number of fused-ring (bicyclic) bond motifs is 1. The van der Waals surface area contributed by atoms with E-state index in [1.54, 1.807) is 6.07 Å². The van der Waals surface area contributed by atoms with E-state index in [-0.39, 0.29) is 18.1 Å². The zero-order valence-corrected chi connectivity index (χ0v) is 13.8. The molecule has 2 N–H and O–H groups in total. The van der Waals surface area contributed by atoms with Crippen molar-refractivity contribution in [1.29, 1.82) is 0 Å². The Bertz CT molecular complexity index is 711. The summed E-state index contributed by atoms with van der Waals surface area (Å²) in [5.41, 5.74) is 0.879. The number of unbranched alkanes of at least 4 members (excludes halogenated alkanes) is 3. The molecule has 6 heteroatoms. The summed E-state index contributed by atoms with van der Waals surface area (Å²) >= 11 is 1.30. The lowest BCUT2D eigenvalue weighted by Gasteiger charge is -2.04. The molecule has 0 unspecified atom stereocenters. The number of hydrogen-bond donors (Lipinski definition) is 2. The van der Waals surface area contributed by atoms with Gasteiger partial charge in [-0.05, 0) is 42.8 Å². The molecule has 0 saturated heterocycles. The second kappa shape index (κ2) is 8.06. The van der Waals surface area contributed by atoms with Crippen molar-refractivity contribution in [3.8, 4) is 0 Å². The Balaban J connectivity index is 1.82. The second-order valence-electron chi connectivity index (χ2n) is 5.51. The summed E-state index contributed by atoms with van der Waals surface area (Å²) in [7, 11) is 0. The molecule has 1 heterocycles. The molecule has 0 radical (unpaired) electrons. The number of carbonyl (C=O) groups is 2. The molecular formula is C17H20FNO3S. The number of carboxylic acids is 1. The van der Waals surface area contributed by atoms with Crippen molar-refractivity contribution in [3.05, 3.63) is 34.5 Å². The lowest BCUT2D eigenvalue weighted by Crippen LogP contribution is -2.24. The molecule has 2 aromatic rings. The van der Waals surface area contributed by atoms with E-state index >= 15 is 0 Å². The lowest BCUT2D eigenvalue weighted by molar-refractivity contribution is -0.137. The van der Waals surface area contributed by atoms with E-state index < -0.39 is 5.97 Å². The van der Waals surface area contributed by atoms with Gasteiger partial charge < -0.3 is 10.4 Å². The zero-order valence-electron chi connectivity index (χ0n) is 13.0. The van der Waals surface area contributed by atoms with E-state index in [1.165, 1.54) is 23.5 Å². The zero-order chi connectivity index (χ0) is 16.8. The van der Waals surface area contributed by atoms with Crippen LogP contribution in [-0.2, 0) is 4.79 Å². The van der Waals surface area contributed by atoms with Crippen LogP contribution in [0.2, 0.25) is 0 Å². The average molecular weight is 337 g/mol. The van der Waals surface area contributed by atoms with Gasteiger partial charge in [-0.25, -0.2) is 4.39 Å². The SMILES string of the molecule is Cc1c(C(=O)NCCCCCCC(=O)O)sc2cc(F)ccc12. The minimum atomic E-state index is -0.769. The maximum Gasteiger partial charge on any atom is 0.303 e. The van der Waals surface area contributed by atoms with Crippen LogP contribution in [0.3, 0.4) is 0 Å². The van der Waals surface area contributed by atoms with Crippen LogP contribution in [0.5, 0.6) is 0 Å². The second-order valence-corrected chi connectivity index (χ2v) is 6.56. The molecule has 2 rings (SSSR count). The maximum atomic E-state index is 13.2. The van der Waals surface area contributed by atoms with Gasteiger partial charge >= 0.3 is 5.97 Å². The topological polar surface area (TPSA) is 66.4 Å². The van der Waals surface area contributed by atoms with Crippen molar-refractivity contribution in [2.75, 3.05) is 6.54 Å². The highest BCUT2D eigenvalue weighted by molar-refractivity contribution is 7.21. The van der Waals surface area contributed by atoms with Gasteiger partial charge in [0.1, 0.15) is 5.82 Å². The largest absolute Gasteiger partial charge is 0.481 e. The van der Waals surface area contributed by atoms with Gasteiger partial charge in [0.05, 0.1) is 4.88 Å². The highest BCUT2D eigenvalue weighted by Gasteiger charge is 2.15. The van der Waals surface area contributed by atoms with Crippen LogP contribution >= 0.6 is 11.3 Å². The molecule has 124 valence electrons. The Hall–Kier alpha value is -1.95. The van der Waals surface area contributed by atoms with Gasteiger partial charge in [0.25, 0.3) is 5.91 Å². The predicted octanol–water partition coefficient (Wildman–Crippen LogP) is 4.11. The van der Waals surface area contributed by atoms with E-state index in [2.05, 4.69) is 5.32 Å². The van der Waals surface area contributed by atoms with Crippen LogP contribution in [0, 0.1) is 12.7 Å². The van der Waals surface area contributed by atoms with Gasteiger partial charge in [-0.15, -0.1) is 11.3 Å². The minimum absolute atomic E-state index is 0.130. The fraction of sp³-hybridized carbons (Fsp3) is 0.412. The molecule has 1 amide bonds. The van der Waals surface area contributed by atoms with Gasteiger partial charge in [0.2, 0.25) is 0 Å². The van der Waals surface area contributed by atoms with Gasteiger partial charge in [-0.1, -0.05) is 18.9 Å². The summed E-state index contributed by atoms with van der Waals surface area (Å²) in [4.78, 5) is 23.2. The fourth-order valence-corrected chi connectivity index (χ4v) is 3.60. The molecule has 0 aliphatic carbocycles. The third-order valence-electron chi connectivity index (χ3n) is 3.71. The van der Waals surface area contributed by atoms with Crippen LogP contribution in [0.15, 0.2) is 18.2 Å². The number of carbonyl (C=O) groups excluding carboxylic acids is 1. The molecule has 0 spiro atoms. The molecule has 4 nitrogen and oxygen atoms in total. The van der Waals surface area contributed by atoms with E-state index in [0.29, 0.717) is 17.8 Å². The summed E-state index contributed by atoms with van der Waals surface area (Å²) < 4.78 is 14.0. The summed E-state index contributed by atoms with van der Waals surface area (Å²) in [5, 5.41) is 12.3. The van der Waals surface area contributed by atoms with E-state index in [0.717, 1.165) is 34.9 Å². The number of aryl methyl sites for hydroxylation is 1. The Kier molecular flexibility index (Phi) is 6.10. The van der Waals surface area contributed by atoms with Gasteiger partial charge in [0.15, 0.2) is 0 Å². The van der Waals surface area contributed by atoms with Crippen molar-refractivity contribution in [1.82, 2.24) is 5.32 Å². The number of hydrogen-bond acceptors (Lipinski definition) is 3. The van der Waals surface area contributed by atoms with Crippen LogP contribution in [0.25, 0.3) is 10.1 Å². The molecule has 1 aromatic carbocycles. The highest BCUT2D eigenvalue weighted by atomic mass is 32.1. The quantitative estimate of drug-likeness (QED) is 0.712. The van der Waals surface area contributed by atoms with Gasteiger partial charge in [0, 0.05) is 17.7 Å². The molecular weight excluding hydrogens is 317 g/mol. The van der Waals surface area contributed by atoms with Crippen LogP contribution in [-0.4, -0.2) is 23.5 Å². The first-order valence-corrected chi connectivity index (χ1v) is 8.49. The first-order chi connectivity index (χ1) is 11.0. The smallest absolute Gasteiger partial charge is 0.303 e. The van der Waals surface area contributed by atoms with Crippen molar-refractivity contribution < 1.29 is 19.1 Å². The Morgan fingerprint density at radius 1 is 1.22 bits per heavy atom. The molecule has 0 fully saturated rings. The Morgan fingerprint density at radius 2 is 1.96 bits per heavy atom. The molecule has 0 aliphatic heterocycles. The third kappa shape index (κ3) is 4.76.